The van der Waals surface area contributed by atoms with Gasteiger partial charge in [-0.1, -0.05) is 44.7 Å². The fourth-order valence-electron chi connectivity index (χ4n) is 5.72. The molecule has 4 rings (SSSR count). The van der Waals surface area contributed by atoms with Gasteiger partial charge in [0.15, 0.2) is 0 Å². The van der Waals surface area contributed by atoms with Gasteiger partial charge in [-0.2, -0.15) is 0 Å². The Morgan fingerprint density at radius 2 is 1.81 bits per heavy atom. The Kier molecular flexibility index (Phi) is 5.71. The summed E-state index contributed by atoms with van der Waals surface area (Å²) in [5, 5.41) is 1.67. The second kappa shape index (κ2) is 8.20. The van der Waals surface area contributed by atoms with E-state index in [4.69, 9.17) is 4.74 Å². The van der Waals surface area contributed by atoms with Crippen molar-refractivity contribution >= 4 is 10.8 Å². The van der Waals surface area contributed by atoms with Crippen molar-refractivity contribution in [1.29, 1.82) is 0 Å². The number of benzene rings is 2. The van der Waals surface area contributed by atoms with Crippen molar-refractivity contribution in [3.8, 4) is 5.75 Å². The first-order valence-electron chi connectivity index (χ1n) is 10.9. The summed E-state index contributed by atoms with van der Waals surface area (Å²) in [5.41, 5.74) is 1.33. The van der Waals surface area contributed by atoms with Crippen molar-refractivity contribution in [2.24, 2.45) is 17.8 Å². The Morgan fingerprint density at radius 1 is 1.00 bits per heavy atom. The normalized spacial score (nSPS) is 28.1. The van der Waals surface area contributed by atoms with Gasteiger partial charge in [0, 0.05) is 11.5 Å². The summed E-state index contributed by atoms with van der Waals surface area (Å²) < 4.78 is 19.7. The van der Waals surface area contributed by atoms with Crippen LogP contribution in [0, 0.1) is 23.6 Å². The van der Waals surface area contributed by atoms with E-state index >= 15 is 0 Å². The zero-order valence-electron chi connectivity index (χ0n) is 16.8. The highest BCUT2D eigenvalue weighted by Gasteiger charge is 2.35. The van der Waals surface area contributed by atoms with Crippen LogP contribution in [0.4, 0.5) is 4.39 Å². The number of unbranched alkanes of at least 4 members (excludes halogenated alkanes) is 1. The molecule has 0 N–H and O–H groups in total. The summed E-state index contributed by atoms with van der Waals surface area (Å²) in [4.78, 5) is 0. The molecule has 2 heteroatoms. The van der Waals surface area contributed by atoms with E-state index in [9.17, 15) is 4.39 Å². The lowest BCUT2D eigenvalue weighted by Crippen LogP contribution is -2.30. The van der Waals surface area contributed by atoms with Gasteiger partial charge >= 0.3 is 0 Å². The van der Waals surface area contributed by atoms with Crippen LogP contribution < -0.4 is 4.74 Å². The molecule has 0 radical (unpaired) electrons. The van der Waals surface area contributed by atoms with Crippen LogP contribution >= 0.6 is 0 Å². The minimum absolute atomic E-state index is 0.170. The van der Waals surface area contributed by atoms with Crippen LogP contribution in [0.2, 0.25) is 0 Å². The SMILES string of the molecule is CCCCC1CCC2CC(c3ccc4cc(OC)cc(F)c4c3)CCC2C1. The number of hydrogen-bond donors (Lipinski definition) is 0. The number of fused-ring (bicyclic) bond motifs is 2. The Hall–Kier alpha value is -1.57. The van der Waals surface area contributed by atoms with Gasteiger partial charge in [-0.15, -0.1) is 0 Å². The van der Waals surface area contributed by atoms with Gasteiger partial charge in [-0.25, -0.2) is 4.39 Å². The van der Waals surface area contributed by atoms with E-state index in [1.54, 1.807) is 7.11 Å². The molecule has 0 heterocycles. The highest BCUT2D eigenvalue weighted by molar-refractivity contribution is 5.85. The molecule has 0 amide bonds. The van der Waals surface area contributed by atoms with Gasteiger partial charge in [0.1, 0.15) is 11.6 Å². The number of ether oxygens (including phenoxy) is 1. The van der Waals surface area contributed by atoms with E-state index in [0.29, 0.717) is 11.7 Å². The summed E-state index contributed by atoms with van der Waals surface area (Å²) in [6, 6.07) is 9.82. The zero-order valence-corrected chi connectivity index (χ0v) is 16.8. The predicted molar refractivity (Wildman–Crippen MR) is 111 cm³/mol. The zero-order chi connectivity index (χ0) is 18.8. The smallest absolute Gasteiger partial charge is 0.134 e. The second-order valence-corrected chi connectivity index (χ2v) is 8.94. The van der Waals surface area contributed by atoms with E-state index < -0.39 is 0 Å². The minimum atomic E-state index is -0.170. The van der Waals surface area contributed by atoms with Crippen LogP contribution in [0.1, 0.15) is 76.2 Å². The molecule has 2 fully saturated rings. The topological polar surface area (TPSA) is 9.23 Å². The van der Waals surface area contributed by atoms with Crippen LogP contribution in [0.25, 0.3) is 10.8 Å². The van der Waals surface area contributed by atoms with E-state index in [1.807, 2.05) is 6.07 Å². The molecule has 0 bridgehead atoms. The molecule has 2 saturated carbocycles. The molecule has 1 nitrogen and oxygen atoms in total. The number of methoxy groups -OCH3 is 1. The standard InChI is InChI=1S/C25H33FO/c1-3-4-5-17-6-7-19-13-20(9-8-18(19)12-17)21-10-11-22-14-23(27-2)16-25(26)24(22)15-21/h10-11,14-20H,3-9,12-13H2,1-2H3. The largest absolute Gasteiger partial charge is 0.497 e. The fraction of sp³-hybridized carbons (Fsp3) is 0.600. The van der Waals surface area contributed by atoms with Gasteiger partial charge in [0.2, 0.25) is 0 Å². The quantitative estimate of drug-likeness (QED) is 0.531. The predicted octanol–water partition coefficient (Wildman–Crippen LogP) is 7.48. The Labute approximate surface area is 163 Å². The van der Waals surface area contributed by atoms with Crippen LogP contribution in [-0.2, 0) is 0 Å². The molecule has 146 valence electrons. The third-order valence-corrected chi connectivity index (χ3v) is 7.30. The first-order chi connectivity index (χ1) is 13.2. The summed E-state index contributed by atoms with van der Waals surface area (Å²) in [6.07, 6.45) is 12.4. The molecule has 0 spiro atoms. The second-order valence-electron chi connectivity index (χ2n) is 8.94. The number of rotatable bonds is 5. The van der Waals surface area contributed by atoms with Crippen LogP contribution in [0.15, 0.2) is 30.3 Å². The molecule has 4 atom stereocenters. The highest BCUT2D eigenvalue weighted by atomic mass is 19.1. The van der Waals surface area contributed by atoms with Crippen molar-refractivity contribution in [3.05, 3.63) is 41.7 Å². The van der Waals surface area contributed by atoms with E-state index in [1.165, 1.54) is 69.4 Å². The highest BCUT2D eigenvalue weighted by Crippen LogP contribution is 2.48. The van der Waals surface area contributed by atoms with Crippen LogP contribution in [0.3, 0.4) is 0 Å². The summed E-state index contributed by atoms with van der Waals surface area (Å²) in [7, 11) is 1.59. The monoisotopic (exact) mass is 368 g/mol. The summed E-state index contributed by atoms with van der Waals surface area (Å²) >= 11 is 0. The van der Waals surface area contributed by atoms with Gasteiger partial charge in [-0.3, -0.25) is 0 Å². The summed E-state index contributed by atoms with van der Waals surface area (Å²) in [6.45, 7) is 2.30. The molecule has 0 aromatic heterocycles. The van der Waals surface area contributed by atoms with Crippen LogP contribution in [0.5, 0.6) is 5.75 Å². The lowest BCUT2D eigenvalue weighted by Gasteiger charge is -2.42. The lowest BCUT2D eigenvalue weighted by molar-refractivity contribution is 0.113. The Bertz CT molecular complexity index is 783. The van der Waals surface area contributed by atoms with Gasteiger partial charge in [0.25, 0.3) is 0 Å². The van der Waals surface area contributed by atoms with Crippen molar-refractivity contribution in [2.75, 3.05) is 7.11 Å². The maximum absolute atomic E-state index is 14.5. The van der Waals surface area contributed by atoms with Gasteiger partial charge < -0.3 is 4.74 Å². The average Bonchev–Trinajstić information content (AvgIpc) is 2.71. The van der Waals surface area contributed by atoms with Crippen molar-refractivity contribution < 1.29 is 9.13 Å². The molecular weight excluding hydrogens is 335 g/mol. The molecular formula is C25H33FO. The van der Waals surface area contributed by atoms with Crippen molar-refractivity contribution in [2.45, 2.75) is 70.6 Å². The Balaban J connectivity index is 1.47. The molecule has 4 unspecified atom stereocenters. The first kappa shape index (κ1) is 18.8. The van der Waals surface area contributed by atoms with Gasteiger partial charge in [0.05, 0.1) is 7.11 Å². The molecule has 2 aliphatic carbocycles. The van der Waals surface area contributed by atoms with E-state index in [-0.39, 0.29) is 5.82 Å². The lowest BCUT2D eigenvalue weighted by atomic mass is 9.63. The summed E-state index contributed by atoms with van der Waals surface area (Å²) in [5.74, 6) is 3.83. The number of halogens is 1. The molecule has 0 saturated heterocycles. The van der Waals surface area contributed by atoms with E-state index in [2.05, 4.69) is 25.1 Å². The third-order valence-electron chi connectivity index (χ3n) is 7.30. The maximum Gasteiger partial charge on any atom is 0.134 e. The average molecular weight is 369 g/mol. The molecule has 2 aromatic rings. The van der Waals surface area contributed by atoms with Crippen LogP contribution in [-0.4, -0.2) is 7.11 Å². The molecule has 0 aliphatic heterocycles. The van der Waals surface area contributed by atoms with Gasteiger partial charge in [-0.05, 0) is 78.9 Å². The first-order valence-corrected chi connectivity index (χ1v) is 10.9. The minimum Gasteiger partial charge on any atom is -0.497 e. The van der Waals surface area contributed by atoms with E-state index in [0.717, 1.165) is 28.5 Å². The van der Waals surface area contributed by atoms with Crippen molar-refractivity contribution in [3.63, 3.8) is 0 Å². The Morgan fingerprint density at radius 3 is 2.63 bits per heavy atom. The third kappa shape index (κ3) is 4.00. The molecule has 27 heavy (non-hydrogen) atoms. The maximum atomic E-state index is 14.5. The number of hydrogen-bond acceptors (Lipinski definition) is 1. The molecule has 2 aromatic carbocycles. The molecule has 2 aliphatic rings. The fourth-order valence-corrected chi connectivity index (χ4v) is 5.72. The van der Waals surface area contributed by atoms with Crippen molar-refractivity contribution in [1.82, 2.24) is 0 Å².